The van der Waals surface area contributed by atoms with Crippen molar-refractivity contribution in [2.24, 2.45) is 0 Å². The largest absolute Gasteiger partial charge is 0.471 e. The van der Waals surface area contributed by atoms with Crippen LogP contribution in [0.5, 0.6) is 5.88 Å². The van der Waals surface area contributed by atoms with Gasteiger partial charge in [-0.05, 0) is 35.4 Å². The molecule has 1 amide bonds. The number of carbonyl (C=O) groups excluding carboxylic acids is 1. The first-order valence-electron chi connectivity index (χ1n) is 9.73. The van der Waals surface area contributed by atoms with Crippen LogP contribution >= 0.6 is 0 Å². The highest BCUT2D eigenvalue weighted by Gasteiger charge is 2.33. The quantitative estimate of drug-likeness (QED) is 0.510. The van der Waals surface area contributed by atoms with Crippen LogP contribution < -0.4 is 4.74 Å². The van der Waals surface area contributed by atoms with Gasteiger partial charge in [-0.1, -0.05) is 60.7 Å². The molecule has 5 rings (SSSR count). The number of para-hydroxylation sites is 1. The van der Waals surface area contributed by atoms with Gasteiger partial charge in [-0.2, -0.15) is 0 Å². The van der Waals surface area contributed by atoms with Crippen LogP contribution in [0.15, 0.2) is 91.0 Å². The molecule has 0 radical (unpaired) electrons. The van der Waals surface area contributed by atoms with Crippen molar-refractivity contribution in [2.45, 2.75) is 6.10 Å². The van der Waals surface area contributed by atoms with Gasteiger partial charge in [-0.15, -0.1) is 0 Å². The van der Waals surface area contributed by atoms with Crippen molar-refractivity contribution in [3.05, 3.63) is 96.6 Å². The number of nitrogens with zero attached hydrogens (tertiary/aromatic N) is 2. The van der Waals surface area contributed by atoms with E-state index in [0.717, 1.165) is 22.0 Å². The molecule has 1 fully saturated rings. The molecule has 4 heteroatoms. The summed E-state index contributed by atoms with van der Waals surface area (Å²) in [7, 11) is 0. The summed E-state index contributed by atoms with van der Waals surface area (Å²) in [5.41, 5.74) is 3.86. The van der Waals surface area contributed by atoms with Gasteiger partial charge in [0.25, 0.3) is 5.91 Å². The Morgan fingerprint density at radius 2 is 1.48 bits per heavy atom. The van der Waals surface area contributed by atoms with Crippen LogP contribution in [0.1, 0.15) is 10.4 Å². The van der Waals surface area contributed by atoms with Crippen molar-refractivity contribution < 1.29 is 9.53 Å². The molecule has 1 saturated heterocycles. The molecule has 0 bridgehead atoms. The maximum absolute atomic E-state index is 12.7. The number of likely N-dealkylation sites (tertiary alicyclic amines) is 1. The summed E-state index contributed by atoms with van der Waals surface area (Å²) in [6, 6.07) is 29.8. The van der Waals surface area contributed by atoms with E-state index in [1.165, 1.54) is 0 Å². The molecule has 142 valence electrons. The highest BCUT2D eigenvalue weighted by Crippen LogP contribution is 2.23. The van der Waals surface area contributed by atoms with E-state index in [0.29, 0.717) is 24.5 Å². The summed E-state index contributed by atoms with van der Waals surface area (Å²) in [6.07, 6.45) is -0.0174. The van der Waals surface area contributed by atoms with Crippen LogP contribution in [-0.4, -0.2) is 35.0 Å². The van der Waals surface area contributed by atoms with Crippen LogP contribution in [0.3, 0.4) is 0 Å². The van der Waals surface area contributed by atoms with E-state index < -0.39 is 0 Å². The third-order valence-electron chi connectivity index (χ3n) is 5.23. The fraction of sp³-hybridized carbons (Fsp3) is 0.120. The smallest absolute Gasteiger partial charge is 0.254 e. The average Bonchev–Trinajstić information content (AvgIpc) is 2.76. The number of benzene rings is 3. The molecule has 29 heavy (non-hydrogen) atoms. The first kappa shape index (κ1) is 17.4. The Morgan fingerprint density at radius 1 is 0.793 bits per heavy atom. The highest BCUT2D eigenvalue weighted by molar-refractivity contribution is 5.95. The van der Waals surface area contributed by atoms with Crippen molar-refractivity contribution in [1.82, 2.24) is 9.88 Å². The zero-order valence-electron chi connectivity index (χ0n) is 15.9. The minimum Gasteiger partial charge on any atom is -0.471 e. The zero-order valence-corrected chi connectivity index (χ0v) is 15.9. The number of rotatable bonds is 4. The van der Waals surface area contributed by atoms with Gasteiger partial charge in [0.1, 0.15) is 6.10 Å². The third-order valence-corrected chi connectivity index (χ3v) is 5.23. The maximum Gasteiger partial charge on any atom is 0.254 e. The SMILES string of the molecule is O=C(c1ccc(-c2ccccc2)cc1)N1CC(Oc2ccc3ccccc3n2)C1. The molecule has 1 aliphatic rings. The van der Waals surface area contributed by atoms with Gasteiger partial charge in [0, 0.05) is 17.0 Å². The van der Waals surface area contributed by atoms with Crippen molar-refractivity contribution in [3.63, 3.8) is 0 Å². The van der Waals surface area contributed by atoms with Gasteiger partial charge in [0.15, 0.2) is 0 Å². The second kappa shape index (κ2) is 7.40. The topological polar surface area (TPSA) is 42.4 Å². The molecule has 0 saturated carbocycles. The predicted molar refractivity (Wildman–Crippen MR) is 114 cm³/mol. The molecule has 0 unspecified atom stereocenters. The minimum atomic E-state index is -0.0174. The van der Waals surface area contributed by atoms with Gasteiger partial charge in [0.2, 0.25) is 5.88 Å². The number of hydrogen-bond donors (Lipinski definition) is 0. The zero-order chi connectivity index (χ0) is 19.6. The Kier molecular flexibility index (Phi) is 4.45. The summed E-state index contributed by atoms with van der Waals surface area (Å²) in [5.74, 6) is 0.643. The van der Waals surface area contributed by atoms with Crippen LogP contribution in [0.25, 0.3) is 22.0 Å². The predicted octanol–water partition coefficient (Wildman–Crippen LogP) is 4.81. The minimum absolute atomic E-state index is 0.0174. The molecule has 1 aliphatic heterocycles. The van der Waals surface area contributed by atoms with E-state index in [9.17, 15) is 4.79 Å². The number of carbonyl (C=O) groups is 1. The van der Waals surface area contributed by atoms with E-state index in [1.54, 1.807) is 0 Å². The standard InChI is InChI=1S/C25H20N2O2/c28-25(21-12-10-19(11-13-21)18-6-2-1-3-7-18)27-16-22(17-27)29-24-15-14-20-8-4-5-9-23(20)26-24/h1-15,22H,16-17H2. The number of ether oxygens (including phenoxy) is 1. The van der Waals surface area contributed by atoms with Gasteiger partial charge in [-0.3, -0.25) is 4.79 Å². The van der Waals surface area contributed by atoms with E-state index in [1.807, 2.05) is 83.8 Å². The number of amides is 1. The second-order valence-electron chi connectivity index (χ2n) is 7.24. The molecule has 4 aromatic rings. The summed E-state index contributed by atoms with van der Waals surface area (Å²) in [4.78, 5) is 19.0. The molecule has 0 spiro atoms. The third kappa shape index (κ3) is 3.57. The maximum atomic E-state index is 12.7. The Bertz CT molecular complexity index is 1150. The molecule has 2 heterocycles. The molecule has 0 aliphatic carbocycles. The van der Waals surface area contributed by atoms with Crippen LogP contribution in [-0.2, 0) is 0 Å². The summed E-state index contributed by atoms with van der Waals surface area (Å²) in [5, 5.41) is 1.09. The molecular formula is C25H20N2O2. The molecule has 4 nitrogen and oxygen atoms in total. The van der Waals surface area contributed by atoms with Crippen molar-refractivity contribution in [2.75, 3.05) is 13.1 Å². The fourth-order valence-electron chi connectivity index (χ4n) is 3.58. The Hall–Kier alpha value is -3.66. The van der Waals surface area contributed by atoms with Crippen molar-refractivity contribution in [1.29, 1.82) is 0 Å². The summed E-state index contributed by atoms with van der Waals surface area (Å²) < 4.78 is 5.95. The molecule has 0 N–H and O–H groups in total. The summed E-state index contributed by atoms with van der Waals surface area (Å²) in [6.45, 7) is 1.15. The van der Waals surface area contributed by atoms with Crippen LogP contribution in [0.2, 0.25) is 0 Å². The average molecular weight is 380 g/mol. The van der Waals surface area contributed by atoms with Gasteiger partial charge >= 0.3 is 0 Å². The van der Waals surface area contributed by atoms with Crippen LogP contribution in [0.4, 0.5) is 0 Å². The highest BCUT2D eigenvalue weighted by atomic mass is 16.5. The second-order valence-corrected chi connectivity index (χ2v) is 7.24. The number of fused-ring (bicyclic) bond motifs is 1. The van der Waals surface area contributed by atoms with Gasteiger partial charge < -0.3 is 9.64 Å². The van der Waals surface area contributed by atoms with Gasteiger partial charge in [0.05, 0.1) is 18.6 Å². The van der Waals surface area contributed by atoms with Gasteiger partial charge in [-0.25, -0.2) is 4.98 Å². The first-order chi connectivity index (χ1) is 14.3. The normalized spacial score (nSPS) is 13.9. The van der Waals surface area contributed by atoms with E-state index in [2.05, 4.69) is 17.1 Å². The lowest BCUT2D eigenvalue weighted by molar-refractivity contribution is 0.0161. The summed E-state index contributed by atoms with van der Waals surface area (Å²) >= 11 is 0. The number of hydrogen-bond acceptors (Lipinski definition) is 3. The lowest BCUT2D eigenvalue weighted by atomic mass is 10.0. The molecule has 3 aromatic carbocycles. The van der Waals surface area contributed by atoms with E-state index in [-0.39, 0.29) is 12.0 Å². The first-order valence-corrected chi connectivity index (χ1v) is 9.73. The number of aromatic nitrogens is 1. The Labute approximate surface area is 169 Å². The monoisotopic (exact) mass is 380 g/mol. The molecular weight excluding hydrogens is 360 g/mol. The fourth-order valence-corrected chi connectivity index (χ4v) is 3.58. The Balaban J connectivity index is 1.20. The van der Waals surface area contributed by atoms with Crippen molar-refractivity contribution in [3.8, 4) is 17.0 Å². The Morgan fingerprint density at radius 3 is 2.28 bits per heavy atom. The van der Waals surface area contributed by atoms with E-state index in [4.69, 9.17) is 4.74 Å². The van der Waals surface area contributed by atoms with Crippen LogP contribution in [0, 0.1) is 0 Å². The lowest BCUT2D eigenvalue weighted by Gasteiger charge is -2.38. The van der Waals surface area contributed by atoms with Crippen molar-refractivity contribution >= 4 is 16.8 Å². The van der Waals surface area contributed by atoms with E-state index >= 15 is 0 Å². The molecule has 1 aromatic heterocycles. The lowest BCUT2D eigenvalue weighted by Crippen LogP contribution is -2.56. The number of pyridine rings is 1. The molecule has 0 atom stereocenters.